The molecule has 0 aliphatic heterocycles. The van der Waals surface area contributed by atoms with Gasteiger partial charge in [0.25, 0.3) is 5.91 Å². The van der Waals surface area contributed by atoms with Gasteiger partial charge in [0.1, 0.15) is 11.0 Å². The van der Waals surface area contributed by atoms with Crippen LogP contribution >= 0.6 is 23.1 Å². The quantitative estimate of drug-likeness (QED) is 0.598. The van der Waals surface area contributed by atoms with Crippen molar-refractivity contribution in [3.63, 3.8) is 0 Å². The number of nitrogen functional groups attached to an aromatic ring is 1. The van der Waals surface area contributed by atoms with Gasteiger partial charge in [-0.1, -0.05) is 17.4 Å². The van der Waals surface area contributed by atoms with Crippen molar-refractivity contribution in [3.8, 4) is 0 Å². The van der Waals surface area contributed by atoms with Crippen LogP contribution in [0.2, 0.25) is 0 Å². The molecule has 0 saturated carbocycles. The predicted octanol–water partition coefficient (Wildman–Crippen LogP) is 3.46. The highest BCUT2D eigenvalue weighted by atomic mass is 32.1. The van der Waals surface area contributed by atoms with E-state index in [0.717, 1.165) is 32.4 Å². The van der Waals surface area contributed by atoms with E-state index in [-0.39, 0.29) is 5.91 Å². The molecular weight excluding hydrogens is 354 g/mol. The lowest BCUT2D eigenvalue weighted by Crippen LogP contribution is -2.26. The number of benzene rings is 2. The lowest BCUT2D eigenvalue weighted by Gasteiger charge is -2.17. The molecule has 2 aromatic heterocycles. The summed E-state index contributed by atoms with van der Waals surface area (Å²) >= 11 is 2.59. The summed E-state index contributed by atoms with van der Waals surface area (Å²) in [6.07, 6.45) is 0. The zero-order chi connectivity index (χ0) is 17.6. The number of hydrogen-bond donors (Lipinski definition) is 1. The van der Waals surface area contributed by atoms with Crippen LogP contribution in [0.15, 0.2) is 30.3 Å². The van der Waals surface area contributed by atoms with Gasteiger partial charge in [-0.3, -0.25) is 4.79 Å². The smallest absolute Gasteiger partial charge is 0.253 e. The number of aryl methyl sites for hydroxylation is 1. The predicted molar refractivity (Wildman–Crippen MR) is 102 cm³/mol. The number of amides is 1. The number of aromatic nitrogens is 3. The lowest BCUT2D eigenvalue weighted by atomic mass is 10.1. The van der Waals surface area contributed by atoms with Gasteiger partial charge in [-0.2, -0.15) is 8.75 Å². The van der Waals surface area contributed by atoms with Gasteiger partial charge in [-0.15, -0.1) is 0 Å². The van der Waals surface area contributed by atoms with Crippen molar-refractivity contribution in [3.05, 3.63) is 47.0 Å². The first-order valence-corrected chi connectivity index (χ1v) is 9.19. The number of nitrogens with zero attached hydrogens (tertiary/aromatic N) is 4. The number of anilines is 1. The Morgan fingerprint density at radius 3 is 2.84 bits per heavy atom. The second-order valence-electron chi connectivity index (χ2n) is 5.94. The molecule has 0 aliphatic carbocycles. The first-order chi connectivity index (χ1) is 12.0. The molecule has 0 atom stereocenters. The van der Waals surface area contributed by atoms with Gasteiger partial charge >= 0.3 is 0 Å². The second-order valence-corrected chi connectivity index (χ2v) is 7.53. The van der Waals surface area contributed by atoms with Gasteiger partial charge in [-0.05, 0) is 42.3 Å². The van der Waals surface area contributed by atoms with Crippen molar-refractivity contribution in [1.82, 2.24) is 18.6 Å². The molecule has 0 fully saturated rings. The summed E-state index contributed by atoms with van der Waals surface area (Å²) in [5, 5.41) is 0.515. The first kappa shape index (κ1) is 15.9. The maximum absolute atomic E-state index is 12.8. The number of carbonyl (C=O) groups excluding carboxylic acids is 1. The largest absolute Gasteiger partial charge is 0.375 e. The number of carbonyl (C=O) groups is 1. The van der Waals surface area contributed by atoms with Crippen molar-refractivity contribution in [2.24, 2.45) is 0 Å². The maximum atomic E-state index is 12.8. The van der Waals surface area contributed by atoms with E-state index in [2.05, 4.69) is 13.7 Å². The molecule has 2 aromatic carbocycles. The zero-order valence-electron chi connectivity index (χ0n) is 13.7. The molecule has 0 saturated heterocycles. The van der Waals surface area contributed by atoms with Crippen LogP contribution in [0.1, 0.15) is 21.5 Å². The summed E-state index contributed by atoms with van der Waals surface area (Å²) in [5.41, 5.74) is 11.0. The fourth-order valence-electron chi connectivity index (χ4n) is 2.83. The second kappa shape index (κ2) is 6.05. The molecule has 4 aromatic rings. The molecule has 1 amide bonds. The number of nitrogens with two attached hydrogens (primary N) is 1. The van der Waals surface area contributed by atoms with Crippen molar-refractivity contribution >= 4 is 55.4 Å². The van der Waals surface area contributed by atoms with E-state index < -0.39 is 0 Å². The average Bonchev–Trinajstić information content (AvgIpc) is 3.19. The van der Waals surface area contributed by atoms with Crippen LogP contribution in [0.25, 0.3) is 21.3 Å². The number of thiazole rings is 1. The topological polar surface area (TPSA) is 85.0 Å². The van der Waals surface area contributed by atoms with E-state index in [4.69, 9.17) is 5.73 Å². The molecule has 8 heteroatoms. The van der Waals surface area contributed by atoms with Crippen LogP contribution < -0.4 is 5.73 Å². The molecule has 0 radical (unpaired) electrons. The molecule has 0 unspecified atom stereocenters. The Morgan fingerprint density at radius 2 is 2.00 bits per heavy atom. The van der Waals surface area contributed by atoms with Gasteiger partial charge in [0.15, 0.2) is 5.13 Å². The fourth-order valence-corrected chi connectivity index (χ4v) is 4.20. The fraction of sp³-hybridized carbons (Fsp3) is 0.176. The van der Waals surface area contributed by atoms with Crippen molar-refractivity contribution in [2.45, 2.75) is 13.5 Å². The SMILES string of the molecule is Cc1cc(C(=O)N(C)Cc2ccc3nsnc3c2)cc2sc(N)nc12. The van der Waals surface area contributed by atoms with Crippen LogP contribution in [-0.2, 0) is 6.54 Å². The number of fused-ring (bicyclic) bond motifs is 2. The minimum atomic E-state index is -0.0338. The minimum absolute atomic E-state index is 0.0338. The standard InChI is InChI=1S/C17H15N5OS2/c1-9-5-11(7-14-15(9)19-17(18)24-14)16(23)22(2)8-10-3-4-12-13(6-10)21-25-20-12/h3-7H,8H2,1-2H3,(H2,18,19). The third kappa shape index (κ3) is 2.94. The van der Waals surface area contributed by atoms with Crippen LogP contribution in [-0.4, -0.2) is 31.6 Å². The van der Waals surface area contributed by atoms with E-state index in [1.54, 1.807) is 11.9 Å². The van der Waals surface area contributed by atoms with Crippen molar-refractivity contribution in [2.75, 3.05) is 12.8 Å². The van der Waals surface area contributed by atoms with Gasteiger partial charge < -0.3 is 10.6 Å². The summed E-state index contributed by atoms with van der Waals surface area (Å²) in [5.74, 6) is -0.0338. The Bertz CT molecular complexity index is 1100. The van der Waals surface area contributed by atoms with Crippen LogP contribution in [0.4, 0.5) is 5.13 Å². The Hall–Kier alpha value is -2.58. The van der Waals surface area contributed by atoms with E-state index in [9.17, 15) is 4.79 Å². The summed E-state index contributed by atoms with van der Waals surface area (Å²) in [4.78, 5) is 18.8. The van der Waals surface area contributed by atoms with Gasteiger partial charge in [0.2, 0.25) is 0 Å². The molecule has 25 heavy (non-hydrogen) atoms. The molecule has 0 spiro atoms. The Morgan fingerprint density at radius 1 is 1.20 bits per heavy atom. The van der Waals surface area contributed by atoms with Crippen molar-refractivity contribution in [1.29, 1.82) is 0 Å². The molecule has 4 rings (SSSR count). The Kier molecular flexibility index (Phi) is 3.85. The molecular formula is C17H15N5OS2. The van der Waals surface area contributed by atoms with Crippen LogP contribution in [0.5, 0.6) is 0 Å². The van der Waals surface area contributed by atoms with Crippen molar-refractivity contribution < 1.29 is 4.79 Å². The van der Waals surface area contributed by atoms with Gasteiger partial charge in [0, 0.05) is 19.2 Å². The molecule has 126 valence electrons. The normalized spacial score (nSPS) is 11.3. The highest BCUT2D eigenvalue weighted by molar-refractivity contribution is 7.22. The summed E-state index contributed by atoms with van der Waals surface area (Å²) in [6.45, 7) is 2.45. The monoisotopic (exact) mass is 369 g/mol. The van der Waals surface area contributed by atoms with E-state index in [1.165, 1.54) is 23.1 Å². The molecule has 0 aliphatic rings. The Labute approximate surface area is 152 Å². The van der Waals surface area contributed by atoms with Gasteiger partial charge in [0.05, 0.1) is 21.9 Å². The molecule has 2 heterocycles. The molecule has 6 nitrogen and oxygen atoms in total. The molecule has 0 bridgehead atoms. The van der Waals surface area contributed by atoms with E-state index in [1.807, 2.05) is 37.3 Å². The zero-order valence-corrected chi connectivity index (χ0v) is 15.3. The number of rotatable bonds is 3. The minimum Gasteiger partial charge on any atom is -0.375 e. The highest BCUT2D eigenvalue weighted by Crippen LogP contribution is 2.28. The first-order valence-electron chi connectivity index (χ1n) is 7.64. The summed E-state index contributed by atoms with van der Waals surface area (Å²) < 4.78 is 9.38. The summed E-state index contributed by atoms with van der Waals surface area (Å²) in [6, 6.07) is 9.62. The highest BCUT2D eigenvalue weighted by Gasteiger charge is 2.16. The lowest BCUT2D eigenvalue weighted by molar-refractivity contribution is 0.0785. The maximum Gasteiger partial charge on any atom is 0.253 e. The molecule has 2 N–H and O–H groups in total. The van der Waals surface area contributed by atoms with Crippen LogP contribution in [0, 0.1) is 6.92 Å². The number of hydrogen-bond acceptors (Lipinski definition) is 7. The van der Waals surface area contributed by atoms with E-state index in [0.29, 0.717) is 17.2 Å². The van der Waals surface area contributed by atoms with E-state index >= 15 is 0 Å². The average molecular weight is 369 g/mol. The summed E-state index contributed by atoms with van der Waals surface area (Å²) in [7, 11) is 1.80. The van der Waals surface area contributed by atoms with Gasteiger partial charge in [-0.25, -0.2) is 4.98 Å². The third-order valence-electron chi connectivity index (χ3n) is 4.03. The third-order valence-corrected chi connectivity index (χ3v) is 5.42. The van der Waals surface area contributed by atoms with Crippen LogP contribution in [0.3, 0.4) is 0 Å². The Balaban J connectivity index is 1.61.